The van der Waals surface area contributed by atoms with Crippen LogP contribution in [0.15, 0.2) is 12.4 Å². The summed E-state index contributed by atoms with van der Waals surface area (Å²) in [6.45, 7) is 4.04. The molecule has 0 aromatic carbocycles. The largest absolute Gasteiger partial charge is 0.475 e. The Labute approximate surface area is 101 Å². The quantitative estimate of drug-likeness (QED) is 0.820. The minimum Gasteiger partial charge on any atom is -0.475 e. The van der Waals surface area contributed by atoms with Gasteiger partial charge in [-0.15, -0.1) is 0 Å². The van der Waals surface area contributed by atoms with Gasteiger partial charge in [0.2, 0.25) is 11.8 Å². The van der Waals surface area contributed by atoms with Gasteiger partial charge in [0.25, 0.3) is 0 Å². The van der Waals surface area contributed by atoms with Crippen molar-refractivity contribution in [2.24, 2.45) is 0 Å². The molecule has 6 heteroatoms. The third-order valence-electron chi connectivity index (χ3n) is 1.92. The van der Waals surface area contributed by atoms with Gasteiger partial charge in [-0.2, -0.15) is 0 Å². The molecule has 0 radical (unpaired) electrons. The lowest BCUT2D eigenvalue weighted by atomic mass is 10.4. The van der Waals surface area contributed by atoms with E-state index in [0.29, 0.717) is 11.7 Å². The topological polar surface area (TPSA) is 67.3 Å². The molecule has 17 heavy (non-hydrogen) atoms. The van der Waals surface area contributed by atoms with E-state index < -0.39 is 0 Å². The highest BCUT2D eigenvalue weighted by Crippen LogP contribution is 2.12. The zero-order valence-electron chi connectivity index (χ0n) is 10.6. The maximum Gasteiger partial charge on any atom is 0.241 e. The monoisotopic (exact) mass is 238 g/mol. The average molecular weight is 238 g/mol. The molecule has 0 saturated heterocycles. The Morgan fingerprint density at radius 1 is 1.47 bits per heavy atom. The molecule has 1 aromatic rings. The third-order valence-corrected chi connectivity index (χ3v) is 1.92. The summed E-state index contributed by atoms with van der Waals surface area (Å²) in [5.41, 5.74) is 0. The molecule has 1 heterocycles. The molecule has 1 rings (SSSR count). The van der Waals surface area contributed by atoms with Gasteiger partial charge in [-0.1, -0.05) is 0 Å². The Hall–Kier alpha value is -1.85. The Balaban J connectivity index is 2.57. The lowest BCUT2D eigenvalue weighted by Gasteiger charge is -2.12. The number of hydrogen-bond acceptors (Lipinski definition) is 5. The van der Waals surface area contributed by atoms with Crippen molar-refractivity contribution in [3.8, 4) is 5.88 Å². The first-order chi connectivity index (χ1) is 7.99. The van der Waals surface area contributed by atoms with E-state index in [0.717, 1.165) is 0 Å². The van der Waals surface area contributed by atoms with Crippen molar-refractivity contribution in [1.82, 2.24) is 14.9 Å². The van der Waals surface area contributed by atoms with Crippen LogP contribution in [0.3, 0.4) is 0 Å². The molecule has 1 amide bonds. The van der Waals surface area contributed by atoms with Crippen LogP contribution in [0.2, 0.25) is 0 Å². The molecule has 0 atom stereocenters. The van der Waals surface area contributed by atoms with Crippen molar-refractivity contribution in [1.29, 1.82) is 0 Å². The van der Waals surface area contributed by atoms with Gasteiger partial charge in [0, 0.05) is 20.2 Å². The van der Waals surface area contributed by atoms with Crippen LogP contribution >= 0.6 is 0 Å². The van der Waals surface area contributed by atoms with Gasteiger partial charge in [0.15, 0.2) is 0 Å². The van der Waals surface area contributed by atoms with E-state index in [2.05, 4.69) is 15.3 Å². The minimum absolute atomic E-state index is 0.0186. The van der Waals surface area contributed by atoms with Crippen LogP contribution < -0.4 is 10.1 Å². The molecule has 1 aromatic heterocycles. The molecule has 0 bridgehead atoms. The van der Waals surface area contributed by atoms with Crippen molar-refractivity contribution in [3.05, 3.63) is 12.4 Å². The molecular formula is C11H18N4O2. The van der Waals surface area contributed by atoms with Crippen LogP contribution in [0.1, 0.15) is 13.8 Å². The predicted octanol–water partition coefficient (Wildman–Crippen LogP) is 0.764. The van der Waals surface area contributed by atoms with Crippen LogP contribution in [0.4, 0.5) is 5.82 Å². The molecule has 0 saturated carbocycles. The second-order valence-corrected chi connectivity index (χ2v) is 4.05. The fraction of sp³-hybridized carbons (Fsp3) is 0.545. The van der Waals surface area contributed by atoms with E-state index in [1.54, 1.807) is 20.2 Å². The standard InChI is InChI=1S/C11H18N4O2/c1-8(2)17-10-5-9(13-7-14-10)12-6-11(16)15(3)4/h5,7-8H,6H2,1-4H3,(H,12,13,14). The zero-order valence-corrected chi connectivity index (χ0v) is 10.6. The molecule has 0 aliphatic carbocycles. The van der Waals surface area contributed by atoms with Crippen molar-refractivity contribution in [2.45, 2.75) is 20.0 Å². The van der Waals surface area contributed by atoms with Crippen LogP contribution in [0, 0.1) is 0 Å². The number of rotatable bonds is 5. The first-order valence-corrected chi connectivity index (χ1v) is 5.41. The number of likely N-dealkylation sites (N-methyl/N-ethyl adjacent to an activating group) is 1. The summed E-state index contributed by atoms with van der Waals surface area (Å²) in [5, 5.41) is 2.92. The molecule has 1 N–H and O–H groups in total. The van der Waals surface area contributed by atoms with E-state index in [1.165, 1.54) is 11.2 Å². The minimum atomic E-state index is -0.0186. The maximum atomic E-state index is 11.4. The number of hydrogen-bond donors (Lipinski definition) is 1. The first-order valence-electron chi connectivity index (χ1n) is 5.41. The van der Waals surface area contributed by atoms with Gasteiger partial charge in [0.1, 0.15) is 12.1 Å². The highest BCUT2D eigenvalue weighted by molar-refractivity contribution is 5.80. The molecule has 0 aliphatic heterocycles. The second-order valence-electron chi connectivity index (χ2n) is 4.05. The van der Waals surface area contributed by atoms with E-state index in [-0.39, 0.29) is 18.6 Å². The number of aromatic nitrogens is 2. The molecule has 0 fully saturated rings. The summed E-state index contributed by atoms with van der Waals surface area (Å²) in [5.74, 6) is 1.05. The Morgan fingerprint density at radius 3 is 2.76 bits per heavy atom. The van der Waals surface area contributed by atoms with Crippen molar-refractivity contribution < 1.29 is 9.53 Å². The number of carbonyl (C=O) groups excluding carboxylic acids is 1. The third kappa shape index (κ3) is 4.67. The van der Waals surface area contributed by atoms with Crippen molar-refractivity contribution in [2.75, 3.05) is 26.0 Å². The molecule has 0 unspecified atom stereocenters. The lowest BCUT2D eigenvalue weighted by molar-refractivity contribution is -0.126. The first kappa shape index (κ1) is 13.2. The number of ether oxygens (including phenoxy) is 1. The predicted molar refractivity (Wildman–Crippen MR) is 65.0 cm³/mol. The van der Waals surface area contributed by atoms with Crippen molar-refractivity contribution >= 4 is 11.7 Å². The highest BCUT2D eigenvalue weighted by Gasteiger charge is 2.05. The summed E-state index contributed by atoms with van der Waals surface area (Å²) in [7, 11) is 3.41. The number of amides is 1. The van der Waals surface area contributed by atoms with Crippen LogP contribution in [-0.2, 0) is 4.79 Å². The summed E-state index contributed by atoms with van der Waals surface area (Å²) in [6.07, 6.45) is 1.46. The number of anilines is 1. The van der Waals surface area contributed by atoms with Gasteiger partial charge in [-0.25, -0.2) is 9.97 Å². The molecule has 0 spiro atoms. The van der Waals surface area contributed by atoms with Crippen LogP contribution in [-0.4, -0.2) is 47.5 Å². The van der Waals surface area contributed by atoms with Gasteiger partial charge in [-0.05, 0) is 13.8 Å². The van der Waals surface area contributed by atoms with Crippen LogP contribution in [0.5, 0.6) is 5.88 Å². The molecule has 6 nitrogen and oxygen atoms in total. The van der Waals surface area contributed by atoms with E-state index in [4.69, 9.17) is 4.74 Å². The van der Waals surface area contributed by atoms with Gasteiger partial charge in [-0.3, -0.25) is 4.79 Å². The number of carbonyl (C=O) groups is 1. The average Bonchev–Trinajstić information content (AvgIpc) is 2.25. The Bertz CT molecular complexity index is 379. The molecule has 0 aliphatic rings. The van der Waals surface area contributed by atoms with Gasteiger partial charge in [0.05, 0.1) is 12.6 Å². The smallest absolute Gasteiger partial charge is 0.241 e. The lowest BCUT2D eigenvalue weighted by Crippen LogP contribution is -2.28. The summed E-state index contributed by atoms with van der Waals surface area (Å²) < 4.78 is 5.42. The van der Waals surface area contributed by atoms with E-state index >= 15 is 0 Å². The van der Waals surface area contributed by atoms with Crippen molar-refractivity contribution in [3.63, 3.8) is 0 Å². The highest BCUT2D eigenvalue weighted by atomic mass is 16.5. The summed E-state index contributed by atoms with van der Waals surface area (Å²) in [6, 6.07) is 1.67. The normalized spacial score (nSPS) is 10.2. The molecular weight excluding hydrogens is 220 g/mol. The SMILES string of the molecule is CC(C)Oc1cc(NCC(=O)N(C)C)ncn1. The van der Waals surface area contributed by atoms with E-state index in [1.807, 2.05) is 13.8 Å². The Morgan fingerprint density at radius 2 is 2.18 bits per heavy atom. The van der Waals surface area contributed by atoms with Gasteiger partial charge >= 0.3 is 0 Å². The molecule has 94 valence electrons. The van der Waals surface area contributed by atoms with Gasteiger partial charge < -0.3 is 15.0 Å². The fourth-order valence-corrected chi connectivity index (χ4v) is 1.07. The summed E-state index contributed by atoms with van der Waals surface area (Å²) >= 11 is 0. The fourth-order valence-electron chi connectivity index (χ4n) is 1.07. The maximum absolute atomic E-state index is 11.4. The van der Waals surface area contributed by atoms with Crippen LogP contribution in [0.25, 0.3) is 0 Å². The zero-order chi connectivity index (χ0) is 12.8. The second kappa shape index (κ2) is 6.03. The number of nitrogens with one attached hydrogen (secondary N) is 1. The van der Waals surface area contributed by atoms with E-state index in [9.17, 15) is 4.79 Å². The Kier molecular flexibility index (Phi) is 4.68. The summed E-state index contributed by atoms with van der Waals surface area (Å²) in [4.78, 5) is 20.9. The number of nitrogens with zero attached hydrogens (tertiary/aromatic N) is 3.